The Morgan fingerprint density at radius 2 is 1.93 bits per heavy atom. The summed E-state index contributed by atoms with van der Waals surface area (Å²) in [6.07, 6.45) is 2.91. The molecular formula is C11H11NO2S. The second-order valence-electron chi connectivity index (χ2n) is 3.56. The largest absolute Gasteiger partial charge is 0.256 e. The number of pyridine rings is 1. The molecule has 4 heteroatoms. The number of nitrogens with zero attached hydrogens (tertiary/aromatic N) is 1. The van der Waals surface area contributed by atoms with Crippen LogP contribution in [0.5, 0.6) is 0 Å². The predicted octanol–water partition coefficient (Wildman–Crippen LogP) is 1.78. The van der Waals surface area contributed by atoms with Crippen molar-refractivity contribution in [2.75, 3.05) is 6.26 Å². The van der Waals surface area contributed by atoms with Gasteiger partial charge in [0.05, 0.1) is 11.3 Å². The van der Waals surface area contributed by atoms with Crippen molar-refractivity contribution in [3.8, 4) is 0 Å². The maximum Gasteiger partial charge on any atom is 0.151 e. The van der Waals surface area contributed by atoms with Gasteiger partial charge in [0.15, 0.2) is 9.84 Å². The third kappa shape index (κ3) is 2.33. The fourth-order valence-electron chi connectivity index (χ4n) is 1.57. The van der Waals surface area contributed by atoms with E-state index in [4.69, 9.17) is 0 Å². The van der Waals surface area contributed by atoms with Crippen molar-refractivity contribution in [2.45, 2.75) is 5.75 Å². The van der Waals surface area contributed by atoms with Crippen LogP contribution in [0.4, 0.5) is 0 Å². The number of hydrogen-bond acceptors (Lipinski definition) is 3. The smallest absolute Gasteiger partial charge is 0.151 e. The molecule has 0 fully saturated rings. The van der Waals surface area contributed by atoms with E-state index in [1.54, 1.807) is 12.3 Å². The van der Waals surface area contributed by atoms with Crippen molar-refractivity contribution >= 4 is 20.7 Å². The topological polar surface area (TPSA) is 47.0 Å². The first-order valence-electron chi connectivity index (χ1n) is 4.56. The molecule has 1 aromatic carbocycles. The van der Waals surface area contributed by atoms with Crippen LogP contribution >= 0.6 is 0 Å². The molecule has 0 aliphatic carbocycles. The maximum absolute atomic E-state index is 11.2. The fourth-order valence-corrected chi connectivity index (χ4v) is 2.36. The third-order valence-electron chi connectivity index (χ3n) is 2.13. The van der Waals surface area contributed by atoms with E-state index in [9.17, 15) is 8.42 Å². The van der Waals surface area contributed by atoms with Gasteiger partial charge in [0, 0.05) is 17.8 Å². The van der Waals surface area contributed by atoms with Gasteiger partial charge in [-0.3, -0.25) is 4.98 Å². The van der Waals surface area contributed by atoms with Crippen molar-refractivity contribution in [1.29, 1.82) is 0 Å². The van der Waals surface area contributed by atoms with E-state index >= 15 is 0 Å². The van der Waals surface area contributed by atoms with E-state index in [0.29, 0.717) is 0 Å². The van der Waals surface area contributed by atoms with Gasteiger partial charge in [0.1, 0.15) is 0 Å². The van der Waals surface area contributed by atoms with Gasteiger partial charge in [0.2, 0.25) is 0 Å². The third-order valence-corrected chi connectivity index (χ3v) is 2.97. The molecule has 1 aromatic heterocycles. The van der Waals surface area contributed by atoms with Crippen molar-refractivity contribution in [3.05, 3.63) is 42.1 Å². The minimum absolute atomic E-state index is 0.0430. The maximum atomic E-state index is 11.2. The van der Waals surface area contributed by atoms with Crippen LogP contribution in [-0.4, -0.2) is 19.7 Å². The summed E-state index contributed by atoms with van der Waals surface area (Å²) >= 11 is 0. The fraction of sp³-hybridized carbons (Fsp3) is 0.182. The van der Waals surface area contributed by atoms with Gasteiger partial charge in [-0.2, -0.15) is 0 Å². The number of para-hydroxylation sites is 1. The summed E-state index contributed by atoms with van der Waals surface area (Å²) in [7, 11) is -3.01. The molecule has 3 nitrogen and oxygen atoms in total. The molecule has 0 unspecified atom stereocenters. The Bertz CT molecular complexity index is 585. The molecule has 0 atom stereocenters. The van der Waals surface area contributed by atoms with E-state index in [0.717, 1.165) is 16.5 Å². The summed E-state index contributed by atoms with van der Waals surface area (Å²) < 4.78 is 22.4. The Morgan fingerprint density at radius 1 is 1.20 bits per heavy atom. The zero-order valence-electron chi connectivity index (χ0n) is 8.34. The summed E-state index contributed by atoms with van der Waals surface area (Å²) in [5.41, 5.74) is 1.53. The van der Waals surface area contributed by atoms with Crippen LogP contribution in [0.1, 0.15) is 5.56 Å². The Kier molecular flexibility index (Phi) is 2.44. The minimum Gasteiger partial charge on any atom is -0.256 e. The number of rotatable bonds is 2. The van der Waals surface area contributed by atoms with Crippen molar-refractivity contribution in [2.24, 2.45) is 0 Å². The average Bonchev–Trinajstić information content (AvgIpc) is 2.16. The molecule has 0 amide bonds. The zero-order valence-corrected chi connectivity index (χ0v) is 9.16. The highest BCUT2D eigenvalue weighted by Crippen LogP contribution is 2.17. The van der Waals surface area contributed by atoms with Crippen LogP contribution in [0.25, 0.3) is 10.9 Å². The summed E-state index contributed by atoms with van der Waals surface area (Å²) in [6.45, 7) is 0. The molecule has 0 spiro atoms. The lowest BCUT2D eigenvalue weighted by Crippen LogP contribution is -2.01. The van der Waals surface area contributed by atoms with E-state index < -0.39 is 9.84 Å². The molecule has 15 heavy (non-hydrogen) atoms. The van der Waals surface area contributed by atoms with Crippen LogP contribution in [0, 0.1) is 0 Å². The Labute approximate surface area is 88.7 Å². The Balaban J connectivity index is 2.61. The molecule has 2 aromatic rings. The van der Waals surface area contributed by atoms with Gasteiger partial charge in [-0.15, -0.1) is 0 Å². The molecule has 0 saturated carbocycles. The molecule has 0 radical (unpaired) electrons. The molecule has 0 saturated heterocycles. The van der Waals surface area contributed by atoms with Crippen LogP contribution in [0.3, 0.4) is 0 Å². The quantitative estimate of drug-likeness (QED) is 0.776. The van der Waals surface area contributed by atoms with E-state index in [1.165, 1.54) is 6.26 Å². The first kappa shape index (κ1) is 10.1. The first-order chi connectivity index (χ1) is 7.06. The number of hydrogen-bond donors (Lipinski definition) is 0. The van der Waals surface area contributed by atoms with Gasteiger partial charge < -0.3 is 0 Å². The molecule has 78 valence electrons. The van der Waals surface area contributed by atoms with E-state index in [2.05, 4.69) is 4.98 Å². The normalized spacial score (nSPS) is 11.8. The lowest BCUT2D eigenvalue weighted by Gasteiger charge is -2.03. The van der Waals surface area contributed by atoms with Crippen molar-refractivity contribution in [1.82, 2.24) is 4.98 Å². The lowest BCUT2D eigenvalue weighted by molar-refractivity contribution is 0.601. The molecule has 0 N–H and O–H groups in total. The predicted molar refractivity (Wildman–Crippen MR) is 60.3 cm³/mol. The molecule has 0 bridgehead atoms. The lowest BCUT2D eigenvalue weighted by atomic mass is 10.1. The first-order valence-corrected chi connectivity index (χ1v) is 6.63. The Hall–Kier alpha value is -1.42. The monoisotopic (exact) mass is 221 g/mol. The van der Waals surface area contributed by atoms with Gasteiger partial charge in [-0.05, 0) is 11.6 Å². The van der Waals surface area contributed by atoms with Crippen LogP contribution < -0.4 is 0 Å². The highest BCUT2D eigenvalue weighted by atomic mass is 32.2. The van der Waals surface area contributed by atoms with Crippen molar-refractivity contribution in [3.63, 3.8) is 0 Å². The number of fused-ring (bicyclic) bond motifs is 1. The second kappa shape index (κ2) is 3.62. The second-order valence-corrected chi connectivity index (χ2v) is 5.70. The van der Waals surface area contributed by atoms with E-state index in [1.807, 2.05) is 24.3 Å². The molecule has 0 aliphatic heterocycles. The van der Waals surface area contributed by atoms with Crippen LogP contribution in [0.2, 0.25) is 0 Å². The van der Waals surface area contributed by atoms with Gasteiger partial charge in [0.25, 0.3) is 0 Å². The number of sulfone groups is 1. The van der Waals surface area contributed by atoms with Crippen LogP contribution in [0.15, 0.2) is 36.5 Å². The summed E-state index contributed by atoms with van der Waals surface area (Å²) in [6, 6.07) is 9.34. The van der Waals surface area contributed by atoms with Gasteiger partial charge >= 0.3 is 0 Å². The SMILES string of the molecule is CS(=O)(=O)Cc1cccc2cccnc12. The Morgan fingerprint density at radius 3 is 2.67 bits per heavy atom. The van der Waals surface area contributed by atoms with Gasteiger partial charge in [-0.25, -0.2) is 8.42 Å². The zero-order chi connectivity index (χ0) is 10.9. The molecule has 2 rings (SSSR count). The minimum atomic E-state index is -3.01. The molecular weight excluding hydrogens is 210 g/mol. The van der Waals surface area contributed by atoms with Crippen molar-refractivity contribution < 1.29 is 8.42 Å². The molecule has 0 aliphatic rings. The standard InChI is InChI=1S/C11H11NO2S/c1-15(13,14)8-10-5-2-4-9-6-3-7-12-11(9)10/h2-7H,8H2,1H3. The molecule has 1 heterocycles. The summed E-state index contributed by atoms with van der Waals surface area (Å²) in [4.78, 5) is 4.20. The average molecular weight is 221 g/mol. The highest BCUT2D eigenvalue weighted by Gasteiger charge is 2.08. The summed E-state index contributed by atoms with van der Waals surface area (Å²) in [5, 5.41) is 0.971. The number of benzene rings is 1. The van der Waals surface area contributed by atoms with E-state index in [-0.39, 0.29) is 5.75 Å². The van der Waals surface area contributed by atoms with Crippen LogP contribution in [-0.2, 0) is 15.6 Å². The summed E-state index contributed by atoms with van der Waals surface area (Å²) in [5.74, 6) is 0.0430. The highest BCUT2D eigenvalue weighted by molar-refractivity contribution is 7.89. The number of aromatic nitrogens is 1. The van der Waals surface area contributed by atoms with Gasteiger partial charge in [-0.1, -0.05) is 24.3 Å².